The van der Waals surface area contributed by atoms with Crippen LogP contribution in [0.15, 0.2) is 65.6 Å². The molecule has 180 valence electrons. The first kappa shape index (κ1) is 24.1. The van der Waals surface area contributed by atoms with Gasteiger partial charge >= 0.3 is 6.18 Å². The van der Waals surface area contributed by atoms with Crippen LogP contribution in [0.25, 0.3) is 0 Å². The first-order valence-electron chi connectivity index (χ1n) is 10.8. The molecule has 3 aromatic rings. The van der Waals surface area contributed by atoms with Gasteiger partial charge in [-0.3, -0.25) is 0 Å². The summed E-state index contributed by atoms with van der Waals surface area (Å²) in [7, 11) is 4.84. The van der Waals surface area contributed by atoms with E-state index >= 15 is 0 Å². The molecule has 4 rings (SSSR count). The molecule has 1 aliphatic rings. The van der Waals surface area contributed by atoms with Crippen molar-refractivity contribution < 1.29 is 27.4 Å². The maximum Gasteiger partial charge on any atom is 0.416 e. The van der Waals surface area contributed by atoms with Gasteiger partial charge in [-0.2, -0.15) is 13.2 Å². The molecule has 0 aliphatic carbocycles. The number of alkyl halides is 3. The lowest BCUT2D eigenvalue weighted by Gasteiger charge is -2.26. The Bertz CT molecular complexity index is 1150. The third-order valence-electron chi connectivity index (χ3n) is 5.88. The molecule has 1 aliphatic heterocycles. The molecule has 8 heteroatoms. The lowest BCUT2D eigenvalue weighted by molar-refractivity contribution is -0.137. The first-order valence-corrected chi connectivity index (χ1v) is 11.7. The molecular formula is C26H26F3NO3S. The van der Waals surface area contributed by atoms with Gasteiger partial charge in [0.15, 0.2) is 0 Å². The fourth-order valence-electron chi connectivity index (χ4n) is 4.09. The Morgan fingerprint density at radius 2 is 1.65 bits per heavy atom. The van der Waals surface area contributed by atoms with Crippen molar-refractivity contribution in [2.75, 3.05) is 32.8 Å². The van der Waals surface area contributed by atoms with Gasteiger partial charge in [0, 0.05) is 34.9 Å². The predicted molar refractivity (Wildman–Crippen MR) is 128 cm³/mol. The fraction of sp³-hybridized carbons (Fsp3) is 0.308. The molecule has 0 N–H and O–H groups in total. The second-order valence-corrected chi connectivity index (χ2v) is 9.20. The van der Waals surface area contributed by atoms with Crippen LogP contribution >= 0.6 is 11.8 Å². The summed E-state index contributed by atoms with van der Waals surface area (Å²) >= 11 is 1.57. The van der Waals surface area contributed by atoms with Crippen molar-refractivity contribution in [3.05, 3.63) is 77.4 Å². The number of hydrogen-bond donors (Lipinski definition) is 0. The molecule has 0 aromatic heterocycles. The topological polar surface area (TPSA) is 30.9 Å². The summed E-state index contributed by atoms with van der Waals surface area (Å²) in [5.41, 5.74) is 2.05. The molecule has 1 unspecified atom stereocenters. The van der Waals surface area contributed by atoms with E-state index in [0.717, 1.165) is 28.0 Å². The van der Waals surface area contributed by atoms with E-state index in [0.29, 0.717) is 36.6 Å². The number of anilines is 1. The quantitative estimate of drug-likeness (QED) is 0.373. The summed E-state index contributed by atoms with van der Waals surface area (Å²) in [5, 5.41) is -0.129. The lowest BCUT2D eigenvalue weighted by atomic mass is 10.0. The van der Waals surface area contributed by atoms with E-state index < -0.39 is 11.7 Å². The standard InChI is InChI=1S/C26H26F3NO3S/c1-31-20-8-7-18(23(14-20)33-3)16-30-12-11-24(17-5-4-6-19(13-17)26(27,28)29)34-25-15-21(32-2)9-10-22(25)30/h4-10,13-15,24H,11-12,16H2,1-3H3. The second-order valence-electron chi connectivity index (χ2n) is 7.95. The minimum Gasteiger partial charge on any atom is -0.497 e. The Morgan fingerprint density at radius 1 is 0.912 bits per heavy atom. The lowest BCUT2D eigenvalue weighted by Crippen LogP contribution is -2.24. The number of methoxy groups -OCH3 is 3. The van der Waals surface area contributed by atoms with E-state index in [-0.39, 0.29) is 5.25 Å². The molecule has 0 saturated heterocycles. The largest absolute Gasteiger partial charge is 0.497 e. The molecule has 0 bridgehead atoms. The molecule has 0 fully saturated rings. The van der Waals surface area contributed by atoms with Gasteiger partial charge in [0.05, 0.1) is 32.6 Å². The number of rotatable bonds is 6. The Hall–Kier alpha value is -3.00. The van der Waals surface area contributed by atoms with Gasteiger partial charge in [-0.15, -0.1) is 11.8 Å². The summed E-state index contributed by atoms with van der Waals surface area (Å²) < 4.78 is 56.3. The maximum absolute atomic E-state index is 13.3. The number of ether oxygens (including phenoxy) is 3. The van der Waals surface area contributed by atoms with Crippen molar-refractivity contribution >= 4 is 17.4 Å². The molecule has 0 amide bonds. The Kier molecular flexibility index (Phi) is 7.16. The third-order valence-corrected chi connectivity index (χ3v) is 7.25. The average Bonchev–Trinajstić information content (AvgIpc) is 3.02. The molecule has 1 atom stereocenters. The summed E-state index contributed by atoms with van der Waals surface area (Å²) in [4.78, 5) is 3.20. The van der Waals surface area contributed by atoms with Crippen LogP contribution in [0.4, 0.5) is 18.9 Å². The summed E-state index contributed by atoms with van der Waals surface area (Å²) in [6.45, 7) is 1.25. The smallest absolute Gasteiger partial charge is 0.416 e. The van der Waals surface area contributed by atoms with Crippen molar-refractivity contribution in [1.82, 2.24) is 0 Å². The van der Waals surface area contributed by atoms with Crippen LogP contribution in [0.5, 0.6) is 17.2 Å². The van der Waals surface area contributed by atoms with E-state index in [1.165, 1.54) is 12.1 Å². The highest BCUT2D eigenvalue weighted by Gasteiger charge is 2.32. The zero-order valence-electron chi connectivity index (χ0n) is 19.2. The number of thioether (sulfide) groups is 1. The Labute approximate surface area is 201 Å². The summed E-state index contributed by atoms with van der Waals surface area (Å²) in [6.07, 6.45) is -3.69. The zero-order valence-corrected chi connectivity index (χ0v) is 20.0. The third kappa shape index (κ3) is 5.22. The highest BCUT2D eigenvalue weighted by molar-refractivity contribution is 7.99. The monoisotopic (exact) mass is 489 g/mol. The number of hydrogen-bond acceptors (Lipinski definition) is 5. The minimum atomic E-state index is -4.37. The number of nitrogens with zero attached hydrogens (tertiary/aromatic N) is 1. The molecule has 0 saturated carbocycles. The van der Waals surface area contributed by atoms with Gasteiger partial charge in [0.2, 0.25) is 0 Å². The van der Waals surface area contributed by atoms with Gasteiger partial charge < -0.3 is 19.1 Å². The van der Waals surface area contributed by atoms with Crippen LogP contribution in [-0.2, 0) is 12.7 Å². The van der Waals surface area contributed by atoms with Gasteiger partial charge in [-0.25, -0.2) is 0 Å². The molecule has 4 nitrogen and oxygen atoms in total. The SMILES string of the molecule is COc1ccc(CN2CCC(c3cccc(C(F)(F)F)c3)Sc3cc(OC)ccc32)c(OC)c1. The number of halogens is 3. The molecule has 0 spiro atoms. The molecular weight excluding hydrogens is 463 g/mol. The van der Waals surface area contributed by atoms with Crippen LogP contribution in [-0.4, -0.2) is 27.9 Å². The van der Waals surface area contributed by atoms with Crippen LogP contribution in [0.2, 0.25) is 0 Å². The van der Waals surface area contributed by atoms with Gasteiger partial charge in [-0.05, 0) is 48.4 Å². The predicted octanol–water partition coefficient (Wildman–Crippen LogP) is 6.97. The first-order chi connectivity index (χ1) is 16.3. The van der Waals surface area contributed by atoms with Crippen LogP contribution in [0, 0.1) is 0 Å². The highest BCUT2D eigenvalue weighted by atomic mass is 32.2. The molecule has 0 radical (unpaired) electrons. The van der Waals surface area contributed by atoms with E-state index in [2.05, 4.69) is 4.90 Å². The maximum atomic E-state index is 13.3. The van der Waals surface area contributed by atoms with E-state index in [1.807, 2.05) is 36.4 Å². The summed E-state index contributed by atoms with van der Waals surface area (Å²) in [6, 6.07) is 17.2. The van der Waals surface area contributed by atoms with E-state index in [4.69, 9.17) is 14.2 Å². The second kappa shape index (κ2) is 10.1. The molecule has 1 heterocycles. The van der Waals surface area contributed by atoms with Gasteiger partial charge in [-0.1, -0.05) is 18.2 Å². The van der Waals surface area contributed by atoms with E-state index in [1.54, 1.807) is 39.2 Å². The zero-order chi connectivity index (χ0) is 24.3. The normalized spacial score (nSPS) is 15.9. The fourth-order valence-corrected chi connectivity index (χ4v) is 5.40. The van der Waals surface area contributed by atoms with Crippen LogP contribution < -0.4 is 19.1 Å². The van der Waals surface area contributed by atoms with Gasteiger partial charge in [0.25, 0.3) is 0 Å². The Morgan fingerprint density at radius 3 is 2.35 bits per heavy atom. The highest BCUT2D eigenvalue weighted by Crippen LogP contribution is 2.47. The van der Waals surface area contributed by atoms with Crippen LogP contribution in [0.3, 0.4) is 0 Å². The van der Waals surface area contributed by atoms with Crippen molar-refractivity contribution in [1.29, 1.82) is 0 Å². The van der Waals surface area contributed by atoms with Crippen LogP contribution in [0.1, 0.15) is 28.4 Å². The summed E-state index contributed by atoms with van der Waals surface area (Å²) in [5.74, 6) is 2.14. The molecule has 34 heavy (non-hydrogen) atoms. The van der Waals surface area contributed by atoms with Crippen molar-refractivity contribution in [3.63, 3.8) is 0 Å². The van der Waals surface area contributed by atoms with Crippen molar-refractivity contribution in [2.45, 2.75) is 29.3 Å². The minimum absolute atomic E-state index is 0.129. The van der Waals surface area contributed by atoms with Crippen molar-refractivity contribution in [3.8, 4) is 17.2 Å². The van der Waals surface area contributed by atoms with E-state index in [9.17, 15) is 13.2 Å². The number of fused-ring (bicyclic) bond motifs is 1. The van der Waals surface area contributed by atoms with Gasteiger partial charge in [0.1, 0.15) is 17.2 Å². The molecule has 3 aromatic carbocycles. The number of benzene rings is 3. The van der Waals surface area contributed by atoms with Crippen molar-refractivity contribution in [2.24, 2.45) is 0 Å². The average molecular weight is 490 g/mol. The Balaban J connectivity index is 1.69.